The second-order valence-electron chi connectivity index (χ2n) is 10.1. The zero-order chi connectivity index (χ0) is 24.2. The number of carbonyl (C=O) groups excluding carboxylic acids is 1. The van der Waals surface area contributed by atoms with E-state index in [1.54, 1.807) is 6.20 Å². The molecule has 11 heteroatoms. The van der Waals surface area contributed by atoms with Crippen molar-refractivity contribution < 1.29 is 19.4 Å². The molecule has 4 aliphatic heterocycles. The Morgan fingerprint density at radius 3 is 2.71 bits per heavy atom. The Morgan fingerprint density at radius 2 is 2.06 bits per heavy atom. The maximum Gasteiger partial charge on any atom is 0.255 e. The number of carbonyl (C=O) groups is 1. The topological polar surface area (TPSA) is 122 Å². The third-order valence-electron chi connectivity index (χ3n) is 7.59. The Hall–Kier alpha value is -2.47. The fraction of sp³-hybridized carbons (Fsp3) is 0.583. The van der Waals surface area contributed by atoms with E-state index in [2.05, 4.69) is 27.4 Å². The summed E-state index contributed by atoms with van der Waals surface area (Å²) in [7, 11) is 0. The molecule has 2 aromatic heterocycles. The summed E-state index contributed by atoms with van der Waals surface area (Å²) in [6.45, 7) is 7.15. The van der Waals surface area contributed by atoms with Crippen molar-refractivity contribution in [1.82, 2.24) is 15.0 Å². The molecule has 0 radical (unpaired) electrons. The molecular weight excluding hydrogens is 468 g/mol. The third-order valence-corrected chi connectivity index (χ3v) is 8.73. The number of piperidine rings is 1. The van der Waals surface area contributed by atoms with Gasteiger partial charge < -0.3 is 30.1 Å². The van der Waals surface area contributed by atoms with Crippen LogP contribution in [0.1, 0.15) is 37.6 Å². The van der Waals surface area contributed by atoms with Gasteiger partial charge in [-0.3, -0.25) is 4.79 Å². The molecule has 0 unspecified atom stereocenters. The van der Waals surface area contributed by atoms with Gasteiger partial charge in [0.2, 0.25) is 0 Å². The second kappa shape index (κ2) is 8.58. The molecule has 0 aromatic carbocycles. The van der Waals surface area contributed by atoms with Crippen molar-refractivity contribution >= 4 is 35.0 Å². The van der Waals surface area contributed by atoms with Gasteiger partial charge in [0.05, 0.1) is 43.9 Å². The van der Waals surface area contributed by atoms with Gasteiger partial charge >= 0.3 is 0 Å². The molecule has 4 aliphatic rings. The van der Waals surface area contributed by atoms with Crippen LogP contribution >= 0.6 is 11.8 Å². The summed E-state index contributed by atoms with van der Waals surface area (Å²) in [5.74, 6) is 1.26. The molecule has 1 amide bonds. The minimum absolute atomic E-state index is 0.120. The molecule has 6 rings (SSSR count). The number of aryl methyl sites for hydroxylation is 1. The first kappa shape index (κ1) is 23.0. The van der Waals surface area contributed by atoms with Crippen LogP contribution < -0.4 is 15.5 Å². The van der Waals surface area contributed by atoms with Crippen molar-refractivity contribution in [1.29, 1.82) is 0 Å². The smallest absolute Gasteiger partial charge is 0.255 e. The van der Waals surface area contributed by atoms with Crippen LogP contribution in [0.25, 0.3) is 0 Å². The van der Waals surface area contributed by atoms with Crippen molar-refractivity contribution in [2.45, 2.75) is 61.3 Å². The van der Waals surface area contributed by atoms with Crippen molar-refractivity contribution in [3.63, 3.8) is 0 Å². The number of rotatable bonds is 4. The summed E-state index contributed by atoms with van der Waals surface area (Å²) in [5, 5.41) is 17.1. The molecule has 0 aliphatic carbocycles. The van der Waals surface area contributed by atoms with Crippen LogP contribution in [0.5, 0.6) is 0 Å². The first-order chi connectivity index (χ1) is 16.9. The second-order valence-corrected chi connectivity index (χ2v) is 11.2. The van der Waals surface area contributed by atoms with E-state index in [9.17, 15) is 9.90 Å². The number of aromatic nitrogens is 3. The number of fused-ring (bicyclic) bond motifs is 1. The fourth-order valence-electron chi connectivity index (χ4n) is 5.44. The Kier molecular flexibility index (Phi) is 5.63. The molecule has 2 aromatic rings. The van der Waals surface area contributed by atoms with Crippen molar-refractivity contribution in [3.8, 4) is 0 Å². The summed E-state index contributed by atoms with van der Waals surface area (Å²) in [5.41, 5.74) is 1.52. The molecular formula is C24H30N6O4S. The summed E-state index contributed by atoms with van der Waals surface area (Å²) in [4.78, 5) is 29.8. The maximum atomic E-state index is 12.7. The van der Waals surface area contributed by atoms with Crippen LogP contribution in [-0.2, 0) is 20.9 Å². The molecule has 3 saturated heterocycles. The van der Waals surface area contributed by atoms with Crippen LogP contribution in [0.2, 0.25) is 0 Å². The highest BCUT2D eigenvalue weighted by Crippen LogP contribution is 2.44. The number of amides is 1. The monoisotopic (exact) mass is 498 g/mol. The summed E-state index contributed by atoms with van der Waals surface area (Å²) in [6, 6.07) is 1.85. The Bertz CT molecular complexity index is 1160. The highest BCUT2D eigenvalue weighted by molar-refractivity contribution is 7.99. The van der Waals surface area contributed by atoms with E-state index < -0.39 is 5.54 Å². The molecule has 6 heterocycles. The predicted octanol–water partition coefficient (Wildman–Crippen LogP) is 2.35. The van der Waals surface area contributed by atoms with Gasteiger partial charge in [-0.2, -0.15) is 0 Å². The van der Waals surface area contributed by atoms with Gasteiger partial charge in [-0.15, -0.1) is 0 Å². The van der Waals surface area contributed by atoms with Crippen LogP contribution in [0, 0.1) is 12.3 Å². The number of aliphatic hydroxyl groups excluding tert-OH is 1. The quantitative estimate of drug-likeness (QED) is 0.579. The largest absolute Gasteiger partial charge is 0.390 e. The fourth-order valence-corrected chi connectivity index (χ4v) is 6.38. The average Bonchev–Trinajstić information content (AvgIpc) is 3.19. The lowest BCUT2D eigenvalue weighted by atomic mass is 9.77. The minimum Gasteiger partial charge on any atom is -0.390 e. The molecule has 0 saturated carbocycles. The van der Waals surface area contributed by atoms with Gasteiger partial charge in [-0.1, -0.05) is 11.8 Å². The van der Waals surface area contributed by atoms with Crippen LogP contribution in [0.4, 0.5) is 17.3 Å². The summed E-state index contributed by atoms with van der Waals surface area (Å²) >= 11 is 1.41. The van der Waals surface area contributed by atoms with Crippen molar-refractivity contribution in [3.05, 3.63) is 23.7 Å². The number of pyridine rings is 1. The van der Waals surface area contributed by atoms with Crippen LogP contribution in [0.3, 0.4) is 0 Å². The third kappa shape index (κ3) is 3.94. The number of aliphatic hydroxyl groups is 1. The van der Waals surface area contributed by atoms with Crippen molar-refractivity contribution in [2.24, 2.45) is 5.41 Å². The molecule has 186 valence electrons. The maximum absolute atomic E-state index is 12.7. The van der Waals surface area contributed by atoms with Gasteiger partial charge in [-0.25, -0.2) is 15.0 Å². The van der Waals surface area contributed by atoms with Crippen LogP contribution in [0.15, 0.2) is 22.2 Å². The lowest BCUT2D eigenvalue weighted by Gasteiger charge is -2.43. The number of anilines is 3. The molecule has 3 N–H and O–H groups in total. The highest BCUT2D eigenvalue weighted by Gasteiger charge is 2.49. The molecule has 1 atom stereocenters. The van der Waals surface area contributed by atoms with E-state index in [-0.39, 0.29) is 17.9 Å². The van der Waals surface area contributed by atoms with Crippen LogP contribution in [-0.4, -0.2) is 70.5 Å². The zero-order valence-corrected chi connectivity index (χ0v) is 20.8. The minimum atomic E-state index is -0.736. The number of nitrogens with one attached hydrogen (secondary N) is 2. The number of hydrogen-bond acceptors (Lipinski definition) is 10. The van der Waals surface area contributed by atoms with E-state index >= 15 is 0 Å². The number of hydrogen-bond donors (Lipinski definition) is 3. The van der Waals surface area contributed by atoms with E-state index in [1.807, 2.05) is 13.0 Å². The summed E-state index contributed by atoms with van der Waals surface area (Å²) in [6.07, 6.45) is 5.27. The molecule has 2 spiro atoms. The average molecular weight is 499 g/mol. The lowest BCUT2D eigenvalue weighted by Crippen LogP contribution is -2.65. The Balaban J connectivity index is 1.23. The van der Waals surface area contributed by atoms with Gasteiger partial charge in [0.1, 0.15) is 10.7 Å². The van der Waals surface area contributed by atoms with E-state index in [0.29, 0.717) is 41.5 Å². The Morgan fingerprint density at radius 1 is 1.26 bits per heavy atom. The standard InChI is InChI=1S/C24H30N6O4S/c1-14-9-23(11-34-14)4-7-30(8-5-23)20-16(10-31)27-21(15(2)26-20)35-17-3-6-25-19-18(17)28-22(32)24(29-19)12-33-13-24/h3,6,14,31H,4-5,7-13H2,1-2H3,(H,25,29)(H,28,32)/t14-/m0/s1. The molecule has 3 fully saturated rings. The Labute approximate surface area is 208 Å². The SMILES string of the molecule is Cc1nc(N2CCC3(CC2)CO[C@@H](C)C3)c(CO)nc1Sc1ccnc2c1NC(=O)C1(COC1)N2. The highest BCUT2D eigenvalue weighted by atomic mass is 32.2. The predicted molar refractivity (Wildman–Crippen MR) is 131 cm³/mol. The first-order valence-electron chi connectivity index (χ1n) is 12.1. The van der Waals surface area contributed by atoms with Gasteiger partial charge in [0, 0.05) is 24.2 Å². The zero-order valence-electron chi connectivity index (χ0n) is 20.0. The van der Waals surface area contributed by atoms with E-state index in [1.165, 1.54) is 11.8 Å². The van der Waals surface area contributed by atoms with Gasteiger partial charge in [-0.05, 0) is 44.6 Å². The van der Waals surface area contributed by atoms with Crippen molar-refractivity contribution in [2.75, 3.05) is 48.4 Å². The molecule has 0 bridgehead atoms. The normalized spacial score (nSPS) is 24.1. The first-order valence-corrected chi connectivity index (χ1v) is 12.9. The van der Waals surface area contributed by atoms with Gasteiger partial charge in [0.15, 0.2) is 17.2 Å². The van der Waals surface area contributed by atoms with E-state index in [4.69, 9.17) is 19.4 Å². The lowest BCUT2D eigenvalue weighted by molar-refractivity contribution is -0.135. The number of ether oxygens (including phenoxy) is 2. The van der Waals surface area contributed by atoms with E-state index in [0.717, 1.165) is 55.4 Å². The van der Waals surface area contributed by atoms with Gasteiger partial charge in [0.25, 0.3) is 5.91 Å². The summed E-state index contributed by atoms with van der Waals surface area (Å²) < 4.78 is 11.1. The number of nitrogens with zero attached hydrogens (tertiary/aromatic N) is 4. The molecule has 35 heavy (non-hydrogen) atoms. The molecule has 10 nitrogen and oxygen atoms in total.